The molecule has 2 atom stereocenters. The fourth-order valence-corrected chi connectivity index (χ4v) is 3.06. The zero-order valence-corrected chi connectivity index (χ0v) is 16.5. The van der Waals surface area contributed by atoms with Gasteiger partial charge in [-0.25, -0.2) is 4.79 Å². The molecule has 0 aliphatic rings. The second kappa shape index (κ2) is 14.2. The second-order valence-electron chi connectivity index (χ2n) is 7.88. The molecule has 0 radical (unpaired) electrons. The predicted octanol–water partition coefficient (Wildman–Crippen LogP) is 6.07. The van der Waals surface area contributed by atoms with E-state index in [1.165, 1.54) is 51.0 Å². The summed E-state index contributed by atoms with van der Waals surface area (Å²) in [5.74, 6) is 1.85. The first-order valence-electron chi connectivity index (χ1n) is 9.66. The van der Waals surface area contributed by atoms with Gasteiger partial charge in [0.25, 0.3) is 0 Å². The topological polar surface area (TPSA) is 43.4 Å². The maximum absolute atomic E-state index is 11.1. The van der Waals surface area contributed by atoms with E-state index in [1.807, 2.05) is 6.92 Å². The van der Waals surface area contributed by atoms with Crippen molar-refractivity contribution in [3.63, 3.8) is 0 Å². The van der Waals surface area contributed by atoms with Gasteiger partial charge in [-0.2, -0.15) is 0 Å². The summed E-state index contributed by atoms with van der Waals surface area (Å²) >= 11 is 0. The molecule has 0 unspecified atom stereocenters. The molecule has 3 heteroatoms. The van der Waals surface area contributed by atoms with Crippen LogP contribution in [0, 0.1) is 17.8 Å². The number of esters is 1. The SMILES string of the molecule is C/C(=C\C(=O)OC=O)CCC[C@H](C)CCC[C@H](C)CCCC(C)C. The summed E-state index contributed by atoms with van der Waals surface area (Å²) in [6.45, 7) is 11.4. The van der Waals surface area contributed by atoms with E-state index in [2.05, 4.69) is 32.4 Å². The molecular weight excluding hydrogens is 300 g/mol. The number of hydrogen-bond donors (Lipinski definition) is 0. The second-order valence-corrected chi connectivity index (χ2v) is 7.88. The standard InChI is InChI=1S/C21H38O3/c1-17(2)9-6-10-18(3)11-7-12-19(4)13-8-14-20(5)15-21(23)24-16-22/h15-19H,6-14H2,1-5H3/b20-15+/t18-,19-/m1/s1. The van der Waals surface area contributed by atoms with E-state index in [9.17, 15) is 9.59 Å². The Balaban J connectivity index is 3.70. The summed E-state index contributed by atoms with van der Waals surface area (Å²) in [5, 5.41) is 0. The molecule has 3 nitrogen and oxygen atoms in total. The van der Waals surface area contributed by atoms with Gasteiger partial charge >= 0.3 is 12.4 Å². The summed E-state index contributed by atoms with van der Waals surface area (Å²) in [4.78, 5) is 21.2. The molecule has 0 amide bonds. The Labute approximate surface area is 149 Å². The Hall–Kier alpha value is -1.12. The lowest BCUT2D eigenvalue weighted by molar-refractivity contribution is -0.147. The van der Waals surface area contributed by atoms with E-state index in [1.54, 1.807) is 0 Å². The van der Waals surface area contributed by atoms with Crippen LogP contribution in [0.15, 0.2) is 11.6 Å². The third-order valence-electron chi connectivity index (χ3n) is 4.67. The molecule has 0 fully saturated rings. The molecule has 0 N–H and O–H groups in total. The van der Waals surface area contributed by atoms with Crippen molar-refractivity contribution in [1.82, 2.24) is 0 Å². The van der Waals surface area contributed by atoms with E-state index in [-0.39, 0.29) is 6.47 Å². The van der Waals surface area contributed by atoms with Gasteiger partial charge in [0.15, 0.2) is 0 Å². The monoisotopic (exact) mass is 338 g/mol. The van der Waals surface area contributed by atoms with Crippen molar-refractivity contribution in [2.24, 2.45) is 17.8 Å². The van der Waals surface area contributed by atoms with Crippen LogP contribution < -0.4 is 0 Å². The highest BCUT2D eigenvalue weighted by Gasteiger charge is 2.07. The minimum Gasteiger partial charge on any atom is -0.392 e. The first-order chi connectivity index (χ1) is 11.3. The van der Waals surface area contributed by atoms with Crippen molar-refractivity contribution in [3.05, 3.63) is 11.6 Å². The molecule has 0 aromatic carbocycles. The molecule has 24 heavy (non-hydrogen) atoms. The van der Waals surface area contributed by atoms with Gasteiger partial charge in [-0.1, -0.05) is 78.2 Å². The zero-order valence-electron chi connectivity index (χ0n) is 16.5. The van der Waals surface area contributed by atoms with Crippen LogP contribution in [-0.4, -0.2) is 12.4 Å². The maximum Gasteiger partial charge on any atom is 0.338 e. The largest absolute Gasteiger partial charge is 0.392 e. The van der Waals surface area contributed by atoms with Crippen molar-refractivity contribution in [3.8, 4) is 0 Å². The molecule has 140 valence electrons. The van der Waals surface area contributed by atoms with Gasteiger partial charge in [-0.05, 0) is 37.5 Å². The van der Waals surface area contributed by atoms with Crippen molar-refractivity contribution in [2.45, 2.75) is 92.4 Å². The normalized spacial score (nSPS) is 14.5. The highest BCUT2D eigenvalue weighted by Crippen LogP contribution is 2.22. The van der Waals surface area contributed by atoms with Gasteiger partial charge in [-0.3, -0.25) is 4.79 Å². The molecule has 0 aliphatic carbocycles. The Bertz CT molecular complexity index is 371. The van der Waals surface area contributed by atoms with Crippen molar-refractivity contribution < 1.29 is 14.3 Å². The molecule has 0 aromatic rings. The molecule has 0 aromatic heterocycles. The Morgan fingerprint density at radius 3 is 1.88 bits per heavy atom. The summed E-state index contributed by atoms with van der Waals surface area (Å²) in [6, 6.07) is 0. The zero-order chi connectivity index (χ0) is 18.4. The lowest BCUT2D eigenvalue weighted by atomic mass is 9.91. The summed E-state index contributed by atoms with van der Waals surface area (Å²) < 4.78 is 4.26. The maximum atomic E-state index is 11.1. The highest BCUT2D eigenvalue weighted by atomic mass is 16.6. The Kier molecular flexibility index (Phi) is 13.6. The third kappa shape index (κ3) is 14.5. The molecule has 0 bridgehead atoms. The number of carbonyl (C=O) groups excluding carboxylic acids is 2. The molecule has 0 saturated carbocycles. The molecule has 0 rings (SSSR count). The lowest BCUT2D eigenvalue weighted by Gasteiger charge is -2.15. The lowest BCUT2D eigenvalue weighted by Crippen LogP contribution is -2.01. The highest BCUT2D eigenvalue weighted by molar-refractivity contribution is 5.87. The third-order valence-corrected chi connectivity index (χ3v) is 4.67. The van der Waals surface area contributed by atoms with Gasteiger partial charge < -0.3 is 4.74 Å². The fraction of sp³-hybridized carbons (Fsp3) is 0.810. The first-order valence-corrected chi connectivity index (χ1v) is 9.66. The van der Waals surface area contributed by atoms with Crippen LogP contribution in [0.1, 0.15) is 92.4 Å². The van der Waals surface area contributed by atoms with Crippen molar-refractivity contribution >= 4 is 12.4 Å². The summed E-state index contributed by atoms with van der Waals surface area (Å²) in [6.07, 6.45) is 12.6. The van der Waals surface area contributed by atoms with Crippen LogP contribution in [0.5, 0.6) is 0 Å². The summed E-state index contributed by atoms with van der Waals surface area (Å²) in [5.41, 5.74) is 0.979. The van der Waals surface area contributed by atoms with E-state index < -0.39 is 5.97 Å². The number of carbonyl (C=O) groups is 2. The van der Waals surface area contributed by atoms with Crippen LogP contribution in [0.25, 0.3) is 0 Å². The van der Waals surface area contributed by atoms with Gasteiger partial charge in [0.1, 0.15) is 0 Å². The molecule has 0 heterocycles. The van der Waals surface area contributed by atoms with Crippen LogP contribution in [-0.2, 0) is 14.3 Å². The van der Waals surface area contributed by atoms with Crippen molar-refractivity contribution in [1.29, 1.82) is 0 Å². The van der Waals surface area contributed by atoms with E-state index in [0.29, 0.717) is 0 Å². The Morgan fingerprint density at radius 2 is 1.38 bits per heavy atom. The average Bonchev–Trinajstić information content (AvgIpc) is 2.46. The molecular formula is C21H38O3. The molecule has 0 aliphatic heterocycles. The number of ether oxygens (including phenoxy) is 1. The quantitative estimate of drug-likeness (QED) is 0.167. The van der Waals surface area contributed by atoms with Crippen LogP contribution in [0.4, 0.5) is 0 Å². The Morgan fingerprint density at radius 1 is 0.875 bits per heavy atom. The van der Waals surface area contributed by atoms with Gasteiger partial charge in [0.05, 0.1) is 0 Å². The van der Waals surface area contributed by atoms with E-state index >= 15 is 0 Å². The van der Waals surface area contributed by atoms with Crippen LogP contribution in [0.3, 0.4) is 0 Å². The van der Waals surface area contributed by atoms with Gasteiger partial charge in [0.2, 0.25) is 0 Å². The predicted molar refractivity (Wildman–Crippen MR) is 101 cm³/mol. The number of allylic oxidation sites excluding steroid dienone is 1. The average molecular weight is 339 g/mol. The van der Waals surface area contributed by atoms with Gasteiger partial charge in [-0.15, -0.1) is 0 Å². The number of rotatable bonds is 14. The van der Waals surface area contributed by atoms with E-state index in [4.69, 9.17) is 0 Å². The van der Waals surface area contributed by atoms with Gasteiger partial charge in [0, 0.05) is 6.08 Å². The minimum absolute atomic E-state index is 0.179. The number of hydrogen-bond acceptors (Lipinski definition) is 3. The van der Waals surface area contributed by atoms with Crippen LogP contribution in [0.2, 0.25) is 0 Å². The van der Waals surface area contributed by atoms with Crippen LogP contribution >= 0.6 is 0 Å². The molecule has 0 spiro atoms. The minimum atomic E-state index is -0.568. The summed E-state index contributed by atoms with van der Waals surface area (Å²) in [7, 11) is 0. The van der Waals surface area contributed by atoms with E-state index in [0.717, 1.165) is 36.2 Å². The van der Waals surface area contributed by atoms with Crippen molar-refractivity contribution in [2.75, 3.05) is 0 Å². The molecule has 0 saturated heterocycles. The first kappa shape index (κ1) is 22.9. The smallest absolute Gasteiger partial charge is 0.338 e. The fourth-order valence-electron chi connectivity index (χ4n) is 3.06.